The maximum Gasteiger partial charge on any atom is 0.167 e. The predicted octanol–water partition coefficient (Wildman–Crippen LogP) is 3.21. The highest BCUT2D eigenvalue weighted by Crippen LogP contribution is 2.26. The van der Waals surface area contributed by atoms with E-state index in [9.17, 15) is 0 Å². The van der Waals surface area contributed by atoms with Crippen molar-refractivity contribution >= 4 is 22.8 Å². The van der Waals surface area contributed by atoms with E-state index >= 15 is 0 Å². The summed E-state index contributed by atoms with van der Waals surface area (Å²) < 4.78 is 1.82. The van der Waals surface area contributed by atoms with Gasteiger partial charge in [-0.2, -0.15) is 10.4 Å². The zero-order chi connectivity index (χ0) is 14.5. The first-order valence-corrected chi connectivity index (χ1v) is 7.62. The second-order valence-electron chi connectivity index (χ2n) is 4.42. The van der Waals surface area contributed by atoms with E-state index in [1.54, 1.807) is 24.3 Å². The molecule has 0 bridgehead atoms. The van der Waals surface area contributed by atoms with Crippen molar-refractivity contribution < 1.29 is 0 Å². The van der Waals surface area contributed by atoms with Gasteiger partial charge in [-0.3, -0.25) is 0 Å². The molecular formula is C15H13N5S. The highest BCUT2D eigenvalue weighted by molar-refractivity contribution is 7.99. The third-order valence-electron chi connectivity index (χ3n) is 3.00. The Balaban J connectivity index is 1.92. The molecule has 0 unspecified atom stereocenters. The number of benzene rings is 1. The molecule has 1 aromatic carbocycles. The monoisotopic (exact) mass is 295 g/mol. The molecule has 2 heterocycles. The lowest BCUT2D eigenvalue weighted by Gasteiger charge is -2.03. The van der Waals surface area contributed by atoms with Crippen LogP contribution in [0, 0.1) is 11.3 Å². The molecule has 3 aromatic rings. The van der Waals surface area contributed by atoms with Gasteiger partial charge < -0.3 is 0 Å². The van der Waals surface area contributed by atoms with Crippen LogP contribution in [-0.2, 0) is 0 Å². The normalized spacial score (nSPS) is 10.6. The number of hydrogen-bond donors (Lipinski definition) is 0. The molecule has 0 radical (unpaired) electrons. The van der Waals surface area contributed by atoms with Gasteiger partial charge in [-0.25, -0.2) is 14.6 Å². The van der Waals surface area contributed by atoms with Crippen molar-refractivity contribution in [3.05, 3.63) is 42.9 Å². The lowest BCUT2D eigenvalue weighted by molar-refractivity contribution is 0.893. The number of rotatable bonds is 5. The van der Waals surface area contributed by atoms with E-state index in [1.165, 1.54) is 0 Å². The standard InChI is InChI=1S/C15H13N5S/c16-8-4-5-9-21-15-13-10-19-20(14(13)17-11-18-15)12-6-2-1-3-7-12/h1-3,6-7,10-11H,4-5,9H2. The lowest BCUT2D eigenvalue weighted by Crippen LogP contribution is -1.97. The summed E-state index contributed by atoms with van der Waals surface area (Å²) in [7, 11) is 0. The molecule has 0 aliphatic heterocycles. The van der Waals surface area contributed by atoms with Crippen molar-refractivity contribution in [1.82, 2.24) is 19.7 Å². The van der Waals surface area contributed by atoms with Crippen LogP contribution in [0.4, 0.5) is 0 Å². The van der Waals surface area contributed by atoms with Gasteiger partial charge in [0.2, 0.25) is 0 Å². The molecule has 0 spiro atoms. The maximum atomic E-state index is 8.57. The maximum absolute atomic E-state index is 8.57. The Labute approximate surface area is 126 Å². The fourth-order valence-corrected chi connectivity index (χ4v) is 2.92. The first kappa shape index (κ1) is 13.6. The minimum Gasteiger partial charge on any atom is -0.229 e. The summed E-state index contributed by atoms with van der Waals surface area (Å²) in [5.74, 6) is 0.871. The Bertz CT molecular complexity index is 776. The molecule has 0 amide bonds. The minimum absolute atomic E-state index is 0.574. The van der Waals surface area contributed by atoms with Gasteiger partial charge >= 0.3 is 0 Å². The van der Waals surface area contributed by atoms with E-state index in [4.69, 9.17) is 5.26 Å². The number of unbranched alkanes of at least 4 members (excludes halogenated alkanes) is 1. The average molecular weight is 295 g/mol. The Morgan fingerprint density at radius 3 is 2.86 bits per heavy atom. The van der Waals surface area contributed by atoms with Crippen molar-refractivity contribution in [3.63, 3.8) is 0 Å². The number of aromatic nitrogens is 4. The van der Waals surface area contributed by atoms with E-state index in [-0.39, 0.29) is 0 Å². The SMILES string of the molecule is N#CCCCSc1ncnc2c1cnn2-c1ccccc1. The van der Waals surface area contributed by atoms with E-state index in [2.05, 4.69) is 21.1 Å². The quantitative estimate of drug-likeness (QED) is 0.411. The molecule has 0 aliphatic carbocycles. The Morgan fingerprint density at radius 1 is 1.19 bits per heavy atom. The summed E-state index contributed by atoms with van der Waals surface area (Å²) in [5, 5.41) is 14.8. The summed E-state index contributed by atoms with van der Waals surface area (Å²) >= 11 is 1.64. The largest absolute Gasteiger partial charge is 0.229 e. The highest BCUT2D eigenvalue weighted by Gasteiger charge is 2.10. The van der Waals surface area contributed by atoms with Gasteiger partial charge in [-0.05, 0) is 18.6 Å². The second kappa shape index (κ2) is 6.37. The molecule has 0 N–H and O–H groups in total. The van der Waals surface area contributed by atoms with Gasteiger partial charge in [0.05, 0.1) is 23.3 Å². The van der Waals surface area contributed by atoms with Gasteiger partial charge in [-0.1, -0.05) is 18.2 Å². The number of hydrogen-bond acceptors (Lipinski definition) is 5. The van der Waals surface area contributed by atoms with Crippen LogP contribution in [0.5, 0.6) is 0 Å². The third-order valence-corrected chi connectivity index (χ3v) is 4.09. The van der Waals surface area contributed by atoms with Crippen LogP contribution < -0.4 is 0 Å². The summed E-state index contributed by atoms with van der Waals surface area (Å²) in [6, 6.07) is 12.1. The van der Waals surface area contributed by atoms with Crippen molar-refractivity contribution in [2.75, 3.05) is 5.75 Å². The molecule has 0 atom stereocenters. The highest BCUT2D eigenvalue weighted by atomic mass is 32.2. The molecule has 2 aromatic heterocycles. The van der Waals surface area contributed by atoms with Gasteiger partial charge in [0.1, 0.15) is 11.4 Å². The number of fused-ring (bicyclic) bond motifs is 1. The molecule has 21 heavy (non-hydrogen) atoms. The molecule has 0 fully saturated rings. The van der Waals surface area contributed by atoms with Crippen LogP contribution in [0.3, 0.4) is 0 Å². The number of para-hydroxylation sites is 1. The van der Waals surface area contributed by atoms with Crippen LogP contribution in [-0.4, -0.2) is 25.5 Å². The van der Waals surface area contributed by atoms with E-state index in [0.717, 1.165) is 33.9 Å². The van der Waals surface area contributed by atoms with Crippen molar-refractivity contribution in [2.24, 2.45) is 0 Å². The Kier molecular flexibility index (Phi) is 4.12. The smallest absolute Gasteiger partial charge is 0.167 e. The van der Waals surface area contributed by atoms with Crippen LogP contribution in [0.1, 0.15) is 12.8 Å². The first-order valence-electron chi connectivity index (χ1n) is 6.64. The van der Waals surface area contributed by atoms with Gasteiger partial charge in [0.25, 0.3) is 0 Å². The summed E-state index contributed by atoms with van der Waals surface area (Å²) in [6.07, 6.45) is 4.80. The number of nitriles is 1. The number of thioether (sulfide) groups is 1. The van der Waals surface area contributed by atoms with Crippen LogP contribution >= 0.6 is 11.8 Å². The Morgan fingerprint density at radius 2 is 2.05 bits per heavy atom. The van der Waals surface area contributed by atoms with E-state index in [0.29, 0.717) is 6.42 Å². The van der Waals surface area contributed by atoms with E-state index in [1.807, 2.05) is 35.0 Å². The molecule has 104 valence electrons. The molecule has 0 saturated heterocycles. The van der Waals surface area contributed by atoms with Crippen molar-refractivity contribution in [3.8, 4) is 11.8 Å². The molecule has 5 nitrogen and oxygen atoms in total. The molecule has 6 heteroatoms. The zero-order valence-electron chi connectivity index (χ0n) is 11.3. The third kappa shape index (κ3) is 2.88. The van der Waals surface area contributed by atoms with Crippen LogP contribution in [0.2, 0.25) is 0 Å². The van der Waals surface area contributed by atoms with Crippen molar-refractivity contribution in [1.29, 1.82) is 5.26 Å². The van der Waals surface area contributed by atoms with Gasteiger partial charge in [-0.15, -0.1) is 11.8 Å². The summed E-state index contributed by atoms with van der Waals surface area (Å²) in [4.78, 5) is 8.67. The number of nitrogens with zero attached hydrogens (tertiary/aromatic N) is 5. The molecule has 3 rings (SSSR count). The Hall–Kier alpha value is -2.39. The van der Waals surface area contributed by atoms with Crippen molar-refractivity contribution in [2.45, 2.75) is 17.9 Å². The zero-order valence-corrected chi connectivity index (χ0v) is 12.1. The summed E-state index contributed by atoms with van der Waals surface area (Å²) in [6.45, 7) is 0. The van der Waals surface area contributed by atoms with Crippen LogP contribution in [0.25, 0.3) is 16.7 Å². The van der Waals surface area contributed by atoms with E-state index < -0.39 is 0 Å². The molecule has 0 saturated carbocycles. The first-order chi connectivity index (χ1) is 10.4. The lowest BCUT2D eigenvalue weighted by atomic mass is 10.3. The van der Waals surface area contributed by atoms with Gasteiger partial charge in [0, 0.05) is 12.2 Å². The topological polar surface area (TPSA) is 67.4 Å². The van der Waals surface area contributed by atoms with Crippen LogP contribution in [0.15, 0.2) is 47.9 Å². The average Bonchev–Trinajstić information content (AvgIpc) is 2.97. The molecular weight excluding hydrogens is 282 g/mol. The predicted molar refractivity (Wildman–Crippen MR) is 82.2 cm³/mol. The van der Waals surface area contributed by atoms with Gasteiger partial charge in [0.15, 0.2) is 5.65 Å². The summed E-state index contributed by atoms with van der Waals surface area (Å²) in [5.41, 5.74) is 1.78. The fourth-order valence-electron chi connectivity index (χ4n) is 2.02. The molecule has 0 aliphatic rings. The minimum atomic E-state index is 0.574. The second-order valence-corrected chi connectivity index (χ2v) is 5.50. The fraction of sp³-hybridized carbons (Fsp3) is 0.200.